The van der Waals surface area contributed by atoms with Crippen LogP contribution < -0.4 is 0 Å². The van der Waals surface area contributed by atoms with E-state index in [-0.39, 0.29) is 5.60 Å². The number of ether oxygens (including phenoxy) is 1. The van der Waals surface area contributed by atoms with E-state index >= 15 is 0 Å². The van der Waals surface area contributed by atoms with Crippen molar-refractivity contribution in [2.75, 3.05) is 39.3 Å². The van der Waals surface area contributed by atoms with Crippen LogP contribution in [0.2, 0.25) is 0 Å². The first-order chi connectivity index (χ1) is 7.95. The van der Waals surface area contributed by atoms with Gasteiger partial charge in [-0.15, -0.1) is 0 Å². The van der Waals surface area contributed by atoms with Gasteiger partial charge in [-0.3, -0.25) is 9.80 Å². The largest absolute Gasteiger partial charge is 0.372 e. The average Bonchev–Trinajstić information content (AvgIpc) is 2.28. The van der Waals surface area contributed by atoms with E-state index in [1.54, 1.807) is 0 Å². The molecule has 3 nitrogen and oxygen atoms in total. The van der Waals surface area contributed by atoms with Gasteiger partial charge in [0.25, 0.3) is 0 Å². The standard InChI is InChI=1S/C14H28N2O/c1-5-15-10-11-17-14(12-15)6-8-16(9-7-14)13(2,3)4/h5-12H2,1-4H3. The zero-order valence-corrected chi connectivity index (χ0v) is 12.0. The number of likely N-dealkylation sites (N-methyl/N-ethyl adjacent to an activating group) is 1. The molecule has 0 aromatic heterocycles. The third-order valence-corrected chi connectivity index (χ3v) is 4.40. The smallest absolute Gasteiger partial charge is 0.0833 e. The van der Waals surface area contributed by atoms with E-state index in [1.807, 2.05) is 0 Å². The first kappa shape index (κ1) is 13.3. The average molecular weight is 240 g/mol. The molecular weight excluding hydrogens is 212 g/mol. The van der Waals surface area contributed by atoms with E-state index in [0.29, 0.717) is 5.54 Å². The zero-order valence-electron chi connectivity index (χ0n) is 12.0. The Kier molecular flexibility index (Phi) is 3.81. The van der Waals surface area contributed by atoms with Crippen molar-refractivity contribution in [2.45, 2.75) is 51.7 Å². The summed E-state index contributed by atoms with van der Waals surface area (Å²) < 4.78 is 6.13. The Balaban J connectivity index is 1.93. The fraction of sp³-hybridized carbons (Fsp3) is 1.00. The number of piperidine rings is 1. The molecule has 0 amide bonds. The second-order valence-corrected chi connectivity index (χ2v) is 6.56. The van der Waals surface area contributed by atoms with Gasteiger partial charge in [-0.05, 0) is 40.2 Å². The second kappa shape index (κ2) is 4.87. The van der Waals surface area contributed by atoms with Crippen molar-refractivity contribution in [3.8, 4) is 0 Å². The van der Waals surface area contributed by atoms with E-state index in [1.165, 1.54) is 25.9 Å². The Hall–Kier alpha value is -0.120. The molecule has 0 aromatic carbocycles. The quantitative estimate of drug-likeness (QED) is 0.697. The summed E-state index contributed by atoms with van der Waals surface area (Å²) in [6, 6.07) is 0. The monoisotopic (exact) mass is 240 g/mol. The molecule has 0 radical (unpaired) electrons. The van der Waals surface area contributed by atoms with Gasteiger partial charge in [0.05, 0.1) is 12.2 Å². The maximum Gasteiger partial charge on any atom is 0.0833 e. The number of likely N-dealkylation sites (tertiary alicyclic amines) is 1. The van der Waals surface area contributed by atoms with Gasteiger partial charge in [-0.25, -0.2) is 0 Å². The maximum atomic E-state index is 6.13. The molecule has 0 N–H and O–H groups in total. The van der Waals surface area contributed by atoms with Crippen molar-refractivity contribution in [1.82, 2.24) is 9.80 Å². The van der Waals surface area contributed by atoms with E-state index in [2.05, 4.69) is 37.5 Å². The van der Waals surface area contributed by atoms with Gasteiger partial charge >= 0.3 is 0 Å². The molecule has 100 valence electrons. The minimum atomic E-state index is 0.163. The van der Waals surface area contributed by atoms with Crippen LogP contribution in [0.15, 0.2) is 0 Å². The maximum absolute atomic E-state index is 6.13. The van der Waals surface area contributed by atoms with Crippen LogP contribution in [0.25, 0.3) is 0 Å². The van der Waals surface area contributed by atoms with Gasteiger partial charge in [0.15, 0.2) is 0 Å². The van der Waals surface area contributed by atoms with Crippen LogP contribution in [-0.4, -0.2) is 60.3 Å². The molecule has 0 atom stereocenters. The van der Waals surface area contributed by atoms with E-state index in [4.69, 9.17) is 4.74 Å². The summed E-state index contributed by atoms with van der Waals surface area (Å²) in [4.78, 5) is 5.13. The van der Waals surface area contributed by atoms with Gasteiger partial charge in [0, 0.05) is 31.7 Å². The van der Waals surface area contributed by atoms with Crippen molar-refractivity contribution < 1.29 is 4.74 Å². The van der Waals surface area contributed by atoms with Crippen molar-refractivity contribution in [1.29, 1.82) is 0 Å². The van der Waals surface area contributed by atoms with Crippen LogP contribution >= 0.6 is 0 Å². The Morgan fingerprint density at radius 3 is 2.29 bits per heavy atom. The number of nitrogens with zero attached hydrogens (tertiary/aromatic N) is 2. The third kappa shape index (κ3) is 3.01. The minimum absolute atomic E-state index is 0.163. The number of hydrogen-bond donors (Lipinski definition) is 0. The summed E-state index contributed by atoms with van der Waals surface area (Å²) in [5.74, 6) is 0. The predicted octanol–water partition coefficient (Wildman–Crippen LogP) is 1.97. The van der Waals surface area contributed by atoms with Crippen molar-refractivity contribution in [2.24, 2.45) is 0 Å². The highest BCUT2D eigenvalue weighted by molar-refractivity contribution is 4.95. The lowest BCUT2D eigenvalue weighted by Gasteiger charge is -2.50. The predicted molar refractivity (Wildman–Crippen MR) is 71.4 cm³/mol. The van der Waals surface area contributed by atoms with Crippen LogP contribution in [0, 0.1) is 0 Å². The molecule has 2 rings (SSSR count). The van der Waals surface area contributed by atoms with E-state index in [0.717, 1.165) is 26.2 Å². The lowest BCUT2D eigenvalue weighted by Crippen LogP contribution is -2.59. The normalized spacial score (nSPS) is 27.5. The third-order valence-electron chi connectivity index (χ3n) is 4.40. The van der Waals surface area contributed by atoms with Crippen molar-refractivity contribution in [3.05, 3.63) is 0 Å². The Morgan fingerprint density at radius 2 is 1.76 bits per heavy atom. The fourth-order valence-corrected chi connectivity index (χ4v) is 3.08. The molecule has 3 heteroatoms. The molecular formula is C14H28N2O. The summed E-state index contributed by atoms with van der Waals surface area (Å²) in [5.41, 5.74) is 0.469. The summed E-state index contributed by atoms with van der Waals surface area (Å²) >= 11 is 0. The van der Waals surface area contributed by atoms with Crippen molar-refractivity contribution in [3.63, 3.8) is 0 Å². The Labute approximate surface area is 106 Å². The molecule has 17 heavy (non-hydrogen) atoms. The van der Waals surface area contributed by atoms with Gasteiger partial charge in [0.2, 0.25) is 0 Å². The van der Waals surface area contributed by atoms with Crippen LogP contribution in [0.4, 0.5) is 0 Å². The molecule has 0 bridgehead atoms. The highest BCUT2D eigenvalue weighted by atomic mass is 16.5. The molecule has 1 spiro atoms. The van der Waals surface area contributed by atoms with Crippen molar-refractivity contribution >= 4 is 0 Å². The van der Waals surface area contributed by atoms with Crippen LogP contribution in [0.3, 0.4) is 0 Å². The van der Waals surface area contributed by atoms with Crippen LogP contribution in [-0.2, 0) is 4.74 Å². The first-order valence-corrected chi connectivity index (χ1v) is 7.07. The molecule has 0 aromatic rings. The molecule has 2 heterocycles. The summed E-state index contributed by atoms with van der Waals surface area (Å²) in [5, 5.41) is 0. The SMILES string of the molecule is CCN1CCOC2(CCN(C(C)(C)C)CC2)C1. The summed E-state index contributed by atoms with van der Waals surface area (Å²) in [6.45, 7) is 15.9. The fourth-order valence-electron chi connectivity index (χ4n) is 3.08. The second-order valence-electron chi connectivity index (χ2n) is 6.56. The summed E-state index contributed by atoms with van der Waals surface area (Å²) in [7, 11) is 0. The number of rotatable bonds is 1. The van der Waals surface area contributed by atoms with Crippen LogP contribution in [0.1, 0.15) is 40.5 Å². The number of hydrogen-bond acceptors (Lipinski definition) is 3. The Bertz CT molecular complexity index is 251. The summed E-state index contributed by atoms with van der Waals surface area (Å²) in [6.07, 6.45) is 2.39. The van der Waals surface area contributed by atoms with Gasteiger partial charge in [-0.1, -0.05) is 6.92 Å². The molecule has 2 fully saturated rings. The van der Waals surface area contributed by atoms with Crippen LogP contribution in [0.5, 0.6) is 0 Å². The highest BCUT2D eigenvalue weighted by Gasteiger charge is 2.40. The van der Waals surface area contributed by atoms with Gasteiger partial charge < -0.3 is 4.74 Å². The molecule has 2 aliphatic heterocycles. The lowest BCUT2D eigenvalue weighted by atomic mass is 9.87. The minimum Gasteiger partial charge on any atom is -0.372 e. The Morgan fingerprint density at radius 1 is 1.12 bits per heavy atom. The molecule has 0 saturated carbocycles. The molecule has 0 unspecified atom stereocenters. The highest BCUT2D eigenvalue weighted by Crippen LogP contribution is 2.32. The van der Waals surface area contributed by atoms with Gasteiger partial charge in [0.1, 0.15) is 0 Å². The molecule has 0 aliphatic carbocycles. The topological polar surface area (TPSA) is 15.7 Å². The molecule has 2 aliphatic rings. The lowest BCUT2D eigenvalue weighted by molar-refractivity contribution is -0.141. The van der Waals surface area contributed by atoms with E-state index < -0.39 is 0 Å². The van der Waals surface area contributed by atoms with Gasteiger partial charge in [-0.2, -0.15) is 0 Å². The zero-order chi connectivity index (χ0) is 12.5. The van der Waals surface area contributed by atoms with E-state index in [9.17, 15) is 0 Å². The first-order valence-electron chi connectivity index (χ1n) is 7.07. The number of morpholine rings is 1. The molecule has 2 saturated heterocycles.